The average Bonchev–Trinajstić information content (AvgIpc) is 3.24. The normalized spacial score (nSPS) is 10.4. The van der Waals surface area contributed by atoms with E-state index in [-0.39, 0.29) is 18.1 Å². The first-order chi connectivity index (χ1) is 11.1. The van der Waals surface area contributed by atoms with E-state index >= 15 is 0 Å². The number of nitrogens with one attached hydrogen (secondary N) is 2. The van der Waals surface area contributed by atoms with Crippen LogP contribution in [-0.4, -0.2) is 21.0 Å². The number of aromatic amines is 1. The third kappa shape index (κ3) is 3.10. The predicted octanol–water partition coefficient (Wildman–Crippen LogP) is 2.51. The summed E-state index contributed by atoms with van der Waals surface area (Å²) in [6, 6.07) is 9.37. The zero-order valence-electron chi connectivity index (χ0n) is 11.9. The maximum atomic E-state index is 12.2. The number of furan rings is 1. The van der Waals surface area contributed by atoms with Gasteiger partial charge in [0.25, 0.3) is 11.6 Å². The molecule has 2 aromatic heterocycles. The molecule has 0 aliphatic carbocycles. The number of amides is 1. The molecule has 0 spiro atoms. The van der Waals surface area contributed by atoms with E-state index in [1.165, 1.54) is 24.6 Å². The Morgan fingerprint density at radius 3 is 2.74 bits per heavy atom. The molecule has 2 N–H and O–H groups in total. The Labute approximate surface area is 130 Å². The summed E-state index contributed by atoms with van der Waals surface area (Å²) in [4.78, 5) is 22.5. The van der Waals surface area contributed by atoms with Crippen LogP contribution < -0.4 is 5.32 Å². The van der Waals surface area contributed by atoms with Gasteiger partial charge in [0.1, 0.15) is 5.76 Å². The molecule has 2 heterocycles. The van der Waals surface area contributed by atoms with Crippen molar-refractivity contribution in [2.75, 3.05) is 0 Å². The van der Waals surface area contributed by atoms with Crippen molar-refractivity contribution in [2.24, 2.45) is 0 Å². The van der Waals surface area contributed by atoms with Gasteiger partial charge < -0.3 is 9.73 Å². The Morgan fingerprint density at radius 1 is 1.30 bits per heavy atom. The number of nitro groups is 1. The number of H-pyrrole nitrogens is 1. The number of rotatable bonds is 5. The number of aromatic nitrogens is 2. The number of hydrogen-bond acceptors (Lipinski definition) is 5. The molecule has 1 amide bonds. The zero-order chi connectivity index (χ0) is 16.2. The smallest absolute Gasteiger partial charge is 0.269 e. The number of hydrogen-bond donors (Lipinski definition) is 2. The van der Waals surface area contributed by atoms with Crippen molar-refractivity contribution >= 4 is 11.6 Å². The molecule has 0 fully saturated rings. The second-order valence-electron chi connectivity index (χ2n) is 4.72. The quantitative estimate of drug-likeness (QED) is 0.555. The van der Waals surface area contributed by atoms with Crippen LogP contribution in [0, 0.1) is 10.1 Å². The van der Waals surface area contributed by atoms with Crippen LogP contribution in [0.5, 0.6) is 0 Å². The van der Waals surface area contributed by atoms with Gasteiger partial charge in [0.2, 0.25) is 0 Å². The van der Waals surface area contributed by atoms with Gasteiger partial charge in [-0.05, 0) is 24.3 Å². The zero-order valence-corrected chi connectivity index (χ0v) is 11.9. The van der Waals surface area contributed by atoms with Gasteiger partial charge in [-0.3, -0.25) is 20.0 Å². The summed E-state index contributed by atoms with van der Waals surface area (Å²) >= 11 is 0. The first-order valence-electron chi connectivity index (χ1n) is 6.74. The first kappa shape index (κ1) is 14.5. The van der Waals surface area contributed by atoms with Gasteiger partial charge in [-0.15, -0.1) is 0 Å². The van der Waals surface area contributed by atoms with Crippen LogP contribution in [0.25, 0.3) is 11.3 Å². The minimum absolute atomic E-state index is 0.0166. The Balaban J connectivity index is 1.78. The van der Waals surface area contributed by atoms with E-state index in [1.54, 1.807) is 24.3 Å². The molecule has 0 aliphatic rings. The summed E-state index contributed by atoms with van der Waals surface area (Å²) < 4.78 is 5.15. The van der Waals surface area contributed by atoms with E-state index in [9.17, 15) is 14.9 Å². The highest BCUT2D eigenvalue weighted by Gasteiger charge is 2.16. The van der Waals surface area contributed by atoms with Crippen molar-refractivity contribution in [3.8, 4) is 11.3 Å². The SMILES string of the molecule is O=C(NCc1ccco1)c1cn[nH]c1-c1ccc([N+](=O)[O-])cc1. The predicted molar refractivity (Wildman–Crippen MR) is 80.6 cm³/mol. The average molecular weight is 312 g/mol. The van der Waals surface area contributed by atoms with E-state index in [0.29, 0.717) is 22.6 Å². The van der Waals surface area contributed by atoms with E-state index in [1.807, 2.05) is 0 Å². The van der Waals surface area contributed by atoms with Crippen molar-refractivity contribution in [2.45, 2.75) is 6.54 Å². The molecule has 8 nitrogen and oxygen atoms in total. The van der Waals surface area contributed by atoms with Crippen LogP contribution in [0.4, 0.5) is 5.69 Å². The molecule has 8 heteroatoms. The molecule has 3 rings (SSSR count). The van der Waals surface area contributed by atoms with Gasteiger partial charge in [0, 0.05) is 17.7 Å². The summed E-state index contributed by atoms with van der Waals surface area (Å²) in [6.07, 6.45) is 2.94. The Morgan fingerprint density at radius 2 is 2.09 bits per heavy atom. The molecule has 0 bridgehead atoms. The maximum Gasteiger partial charge on any atom is 0.269 e. The molecule has 0 unspecified atom stereocenters. The standard InChI is InChI=1S/C15H12N4O4/c20-15(16-8-12-2-1-7-23-12)13-9-17-18-14(13)10-3-5-11(6-4-10)19(21)22/h1-7,9H,8H2,(H,16,20)(H,17,18). The van der Waals surface area contributed by atoms with Gasteiger partial charge in [0.05, 0.1) is 35.2 Å². The van der Waals surface area contributed by atoms with Crippen molar-refractivity contribution in [1.82, 2.24) is 15.5 Å². The number of nitro benzene ring substituents is 1. The Hall–Kier alpha value is -3.42. The highest BCUT2D eigenvalue weighted by Crippen LogP contribution is 2.23. The van der Waals surface area contributed by atoms with Crippen molar-refractivity contribution < 1.29 is 14.1 Å². The number of nitrogens with zero attached hydrogens (tertiary/aromatic N) is 2. The number of benzene rings is 1. The molecular formula is C15H12N4O4. The molecule has 0 atom stereocenters. The van der Waals surface area contributed by atoms with Gasteiger partial charge >= 0.3 is 0 Å². The summed E-state index contributed by atoms with van der Waals surface area (Å²) in [5, 5.41) is 20.0. The van der Waals surface area contributed by atoms with Gasteiger partial charge in [0.15, 0.2) is 0 Å². The molecule has 3 aromatic rings. The molecule has 0 aliphatic heterocycles. The third-order valence-corrected chi connectivity index (χ3v) is 3.25. The summed E-state index contributed by atoms with van der Waals surface area (Å²) in [5.74, 6) is 0.322. The fourth-order valence-corrected chi connectivity index (χ4v) is 2.10. The lowest BCUT2D eigenvalue weighted by atomic mass is 10.1. The van der Waals surface area contributed by atoms with E-state index in [0.717, 1.165) is 0 Å². The molecule has 23 heavy (non-hydrogen) atoms. The number of carbonyl (C=O) groups is 1. The maximum absolute atomic E-state index is 12.2. The Kier molecular flexibility index (Phi) is 3.88. The van der Waals surface area contributed by atoms with Crippen LogP contribution in [0.3, 0.4) is 0 Å². The monoisotopic (exact) mass is 312 g/mol. The van der Waals surface area contributed by atoms with E-state index < -0.39 is 4.92 Å². The van der Waals surface area contributed by atoms with Crippen LogP contribution in [0.1, 0.15) is 16.1 Å². The largest absolute Gasteiger partial charge is 0.467 e. The van der Waals surface area contributed by atoms with Crippen LogP contribution in [-0.2, 0) is 6.54 Å². The lowest BCUT2D eigenvalue weighted by Crippen LogP contribution is -2.22. The van der Waals surface area contributed by atoms with Gasteiger partial charge in [-0.2, -0.15) is 5.10 Å². The fraction of sp³-hybridized carbons (Fsp3) is 0.0667. The second kappa shape index (κ2) is 6.14. The fourth-order valence-electron chi connectivity index (χ4n) is 2.10. The van der Waals surface area contributed by atoms with E-state index in [4.69, 9.17) is 4.42 Å². The van der Waals surface area contributed by atoms with Crippen molar-refractivity contribution in [3.63, 3.8) is 0 Å². The Bertz CT molecular complexity index is 822. The molecule has 0 radical (unpaired) electrons. The molecular weight excluding hydrogens is 300 g/mol. The summed E-state index contributed by atoms with van der Waals surface area (Å²) in [6.45, 7) is 0.261. The second-order valence-corrected chi connectivity index (χ2v) is 4.72. The highest BCUT2D eigenvalue weighted by atomic mass is 16.6. The molecule has 0 saturated carbocycles. The number of carbonyl (C=O) groups excluding carboxylic acids is 1. The van der Waals surface area contributed by atoms with Gasteiger partial charge in [-0.25, -0.2) is 0 Å². The van der Waals surface area contributed by atoms with Crippen molar-refractivity contribution in [3.05, 3.63) is 70.3 Å². The molecule has 116 valence electrons. The van der Waals surface area contributed by atoms with Crippen LogP contribution in [0.2, 0.25) is 0 Å². The van der Waals surface area contributed by atoms with Gasteiger partial charge in [-0.1, -0.05) is 0 Å². The minimum atomic E-state index is -0.478. The van der Waals surface area contributed by atoms with Crippen LogP contribution in [0.15, 0.2) is 53.3 Å². The highest BCUT2D eigenvalue weighted by molar-refractivity contribution is 5.99. The topological polar surface area (TPSA) is 114 Å². The van der Waals surface area contributed by atoms with E-state index in [2.05, 4.69) is 15.5 Å². The molecule has 0 saturated heterocycles. The lowest BCUT2D eigenvalue weighted by molar-refractivity contribution is -0.384. The summed E-state index contributed by atoms with van der Waals surface area (Å²) in [5.41, 5.74) is 1.47. The first-order valence-corrected chi connectivity index (χ1v) is 6.74. The van der Waals surface area contributed by atoms with Crippen LogP contribution >= 0.6 is 0 Å². The number of non-ortho nitro benzene ring substituents is 1. The lowest BCUT2D eigenvalue weighted by Gasteiger charge is -2.04. The third-order valence-electron chi connectivity index (χ3n) is 3.25. The minimum Gasteiger partial charge on any atom is -0.467 e. The van der Waals surface area contributed by atoms with Crippen molar-refractivity contribution in [1.29, 1.82) is 0 Å². The molecule has 1 aromatic carbocycles. The summed E-state index contributed by atoms with van der Waals surface area (Å²) in [7, 11) is 0.